The monoisotopic (exact) mass is 485 g/mol. The second-order valence-corrected chi connectivity index (χ2v) is 8.92. The number of aromatic amines is 1. The van der Waals surface area contributed by atoms with Crippen molar-refractivity contribution in [2.45, 2.75) is 32.9 Å². The Bertz CT molecular complexity index is 1510. The highest BCUT2D eigenvalue weighted by Gasteiger charge is 2.49. The van der Waals surface area contributed by atoms with Gasteiger partial charge < -0.3 is 14.8 Å². The Kier molecular flexibility index (Phi) is 5.80. The maximum Gasteiger partial charge on any atom is 0.302 e. The Morgan fingerprint density at radius 3 is 2.50 bits per heavy atom. The number of benzene rings is 3. The standard InChI is InChI=1S/C28H24FN3O4/c1-15(2)36-22-13-12-17(14-16(22)3)25(33)23-24(18-8-4-5-9-19(18)29)32(27(35)26(23)34)28-30-20-10-6-7-11-21(20)31-28/h4-15,24,33H,1-3H3,(H,30,31)/b25-23+. The van der Waals surface area contributed by atoms with Gasteiger partial charge in [-0.25, -0.2) is 9.37 Å². The molecule has 1 amide bonds. The summed E-state index contributed by atoms with van der Waals surface area (Å²) in [4.78, 5) is 35.2. The molecule has 4 aromatic rings. The van der Waals surface area contributed by atoms with E-state index in [0.29, 0.717) is 22.3 Å². The van der Waals surface area contributed by atoms with Crippen LogP contribution in [0.25, 0.3) is 16.8 Å². The maximum absolute atomic E-state index is 15.1. The molecule has 2 N–H and O–H groups in total. The number of Topliss-reactive ketones (excluding diaryl/α,β-unsaturated/α-hetero) is 1. The zero-order chi connectivity index (χ0) is 25.6. The Balaban J connectivity index is 1.70. The van der Waals surface area contributed by atoms with E-state index < -0.39 is 29.3 Å². The lowest BCUT2D eigenvalue weighted by atomic mass is 9.94. The SMILES string of the molecule is Cc1cc(/C(O)=C2\C(=O)C(=O)N(c3nc4ccccc4[nH]3)C2c2ccccc2F)ccc1OC(C)C. The normalized spacial score (nSPS) is 17.4. The van der Waals surface area contributed by atoms with Crippen LogP contribution in [-0.2, 0) is 9.59 Å². The first kappa shape index (κ1) is 23.3. The number of nitrogens with zero attached hydrogens (tertiary/aromatic N) is 2. The molecule has 1 fully saturated rings. The molecule has 0 bridgehead atoms. The van der Waals surface area contributed by atoms with Crippen LogP contribution in [-0.4, -0.2) is 32.9 Å². The lowest BCUT2D eigenvalue weighted by Crippen LogP contribution is -2.30. The molecule has 0 aliphatic carbocycles. The Morgan fingerprint density at radius 2 is 1.81 bits per heavy atom. The van der Waals surface area contributed by atoms with Gasteiger partial charge in [0.25, 0.3) is 5.78 Å². The number of hydrogen-bond acceptors (Lipinski definition) is 5. The summed E-state index contributed by atoms with van der Waals surface area (Å²) in [5, 5.41) is 11.3. The molecule has 0 radical (unpaired) electrons. The third kappa shape index (κ3) is 3.90. The first-order valence-corrected chi connectivity index (χ1v) is 11.5. The van der Waals surface area contributed by atoms with E-state index in [0.717, 1.165) is 10.5 Å². The van der Waals surface area contributed by atoms with Crippen LogP contribution in [0.1, 0.15) is 36.6 Å². The number of fused-ring (bicyclic) bond motifs is 1. The van der Waals surface area contributed by atoms with Gasteiger partial charge in [-0.15, -0.1) is 0 Å². The second-order valence-electron chi connectivity index (χ2n) is 8.92. The van der Waals surface area contributed by atoms with E-state index in [2.05, 4.69) is 9.97 Å². The quantitative estimate of drug-likeness (QED) is 0.223. The number of aliphatic hydroxyl groups excluding tert-OH is 1. The summed E-state index contributed by atoms with van der Waals surface area (Å²) in [5.74, 6) is -2.15. The zero-order valence-corrected chi connectivity index (χ0v) is 19.9. The fourth-order valence-electron chi connectivity index (χ4n) is 4.43. The minimum absolute atomic E-state index is 0.0432. The van der Waals surface area contributed by atoms with Gasteiger partial charge in [-0.05, 0) is 62.7 Å². The average Bonchev–Trinajstić information content (AvgIpc) is 3.38. The number of aromatic nitrogens is 2. The van der Waals surface area contributed by atoms with Gasteiger partial charge in [0.15, 0.2) is 0 Å². The van der Waals surface area contributed by atoms with Crippen LogP contribution in [0.15, 0.2) is 72.3 Å². The number of para-hydroxylation sites is 2. The number of H-pyrrole nitrogens is 1. The highest BCUT2D eigenvalue weighted by atomic mass is 19.1. The average molecular weight is 486 g/mol. The fourth-order valence-corrected chi connectivity index (χ4v) is 4.43. The van der Waals surface area contributed by atoms with Crippen molar-refractivity contribution in [1.82, 2.24) is 9.97 Å². The molecule has 7 nitrogen and oxygen atoms in total. The predicted molar refractivity (Wildman–Crippen MR) is 134 cm³/mol. The lowest BCUT2D eigenvalue weighted by molar-refractivity contribution is -0.132. The first-order valence-electron chi connectivity index (χ1n) is 11.5. The number of ether oxygens (including phenoxy) is 1. The van der Waals surface area contributed by atoms with Crippen molar-refractivity contribution in [2.75, 3.05) is 4.90 Å². The van der Waals surface area contributed by atoms with Crippen molar-refractivity contribution in [3.63, 3.8) is 0 Å². The molecular formula is C28H24FN3O4. The van der Waals surface area contributed by atoms with Crippen molar-refractivity contribution < 1.29 is 23.8 Å². The number of ketones is 1. The number of imidazole rings is 1. The molecular weight excluding hydrogens is 461 g/mol. The van der Waals surface area contributed by atoms with Crippen LogP contribution in [0, 0.1) is 12.7 Å². The number of anilines is 1. The van der Waals surface area contributed by atoms with Gasteiger partial charge in [-0.1, -0.05) is 30.3 Å². The van der Waals surface area contributed by atoms with Gasteiger partial charge >= 0.3 is 5.91 Å². The molecule has 1 unspecified atom stereocenters. The number of rotatable bonds is 5. The lowest BCUT2D eigenvalue weighted by Gasteiger charge is -2.23. The summed E-state index contributed by atoms with van der Waals surface area (Å²) in [6, 6.07) is 16.7. The van der Waals surface area contributed by atoms with E-state index in [4.69, 9.17) is 4.74 Å². The summed E-state index contributed by atoms with van der Waals surface area (Å²) in [7, 11) is 0. The van der Waals surface area contributed by atoms with Crippen LogP contribution in [0.4, 0.5) is 10.3 Å². The topological polar surface area (TPSA) is 95.5 Å². The maximum atomic E-state index is 15.1. The zero-order valence-electron chi connectivity index (χ0n) is 19.9. The number of aryl methyl sites for hydroxylation is 1. The number of carbonyl (C=O) groups excluding carboxylic acids is 2. The van der Waals surface area contributed by atoms with Gasteiger partial charge in [0, 0.05) is 11.1 Å². The first-order chi connectivity index (χ1) is 17.3. The summed E-state index contributed by atoms with van der Waals surface area (Å²) in [6.07, 6.45) is -0.0432. The molecule has 1 aromatic heterocycles. The van der Waals surface area contributed by atoms with Gasteiger partial charge in [0.2, 0.25) is 5.95 Å². The van der Waals surface area contributed by atoms with E-state index in [9.17, 15) is 14.7 Å². The summed E-state index contributed by atoms with van der Waals surface area (Å²) in [5.41, 5.74) is 2.13. The van der Waals surface area contributed by atoms with Crippen molar-refractivity contribution >= 4 is 34.4 Å². The van der Waals surface area contributed by atoms with Crippen LogP contribution in [0.2, 0.25) is 0 Å². The van der Waals surface area contributed by atoms with E-state index >= 15 is 4.39 Å². The number of amides is 1. The molecule has 5 rings (SSSR count). The van der Waals surface area contributed by atoms with Crippen LogP contribution < -0.4 is 9.64 Å². The molecule has 0 saturated carbocycles. The van der Waals surface area contributed by atoms with Gasteiger partial charge in [-0.3, -0.25) is 14.5 Å². The highest BCUT2D eigenvalue weighted by molar-refractivity contribution is 6.51. The van der Waals surface area contributed by atoms with Crippen molar-refractivity contribution in [3.05, 3.63) is 94.8 Å². The van der Waals surface area contributed by atoms with Crippen molar-refractivity contribution in [3.8, 4) is 5.75 Å². The van der Waals surface area contributed by atoms with E-state index in [-0.39, 0.29) is 23.2 Å². The smallest absolute Gasteiger partial charge is 0.302 e. The number of aliphatic hydroxyl groups is 1. The summed E-state index contributed by atoms with van der Waals surface area (Å²) < 4.78 is 20.8. The third-order valence-corrected chi connectivity index (χ3v) is 6.06. The number of carbonyl (C=O) groups is 2. The molecule has 182 valence electrons. The molecule has 1 atom stereocenters. The van der Waals surface area contributed by atoms with Crippen LogP contribution in [0.5, 0.6) is 5.75 Å². The van der Waals surface area contributed by atoms with E-state index in [1.807, 2.05) is 26.8 Å². The van der Waals surface area contributed by atoms with Gasteiger partial charge in [0.05, 0.1) is 22.7 Å². The van der Waals surface area contributed by atoms with Gasteiger partial charge in [-0.2, -0.15) is 0 Å². The molecule has 1 saturated heterocycles. The predicted octanol–water partition coefficient (Wildman–Crippen LogP) is 5.42. The third-order valence-electron chi connectivity index (χ3n) is 6.06. The number of hydrogen-bond donors (Lipinski definition) is 2. The van der Waals surface area contributed by atoms with E-state index in [1.165, 1.54) is 18.2 Å². The largest absolute Gasteiger partial charge is 0.507 e. The molecule has 36 heavy (non-hydrogen) atoms. The Hall–Kier alpha value is -4.46. The van der Waals surface area contributed by atoms with Crippen molar-refractivity contribution in [2.24, 2.45) is 0 Å². The van der Waals surface area contributed by atoms with Crippen molar-refractivity contribution in [1.29, 1.82) is 0 Å². The minimum atomic E-state index is -1.22. The highest BCUT2D eigenvalue weighted by Crippen LogP contribution is 2.42. The number of nitrogens with one attached hydrogen (secondary N) is 1. The Labute approximate surface area is 206 Å². The molecule has 8 heteroatoms. The Morgan fingerprint density at radius 1 is 1.08 bits per heavy atom. The summed E-state index contributed by atoms with van der Waals surface area (Å²) >= 11 is 0. The van der Waals surface area contributed by atoms with Crippen LogP contribution >= 0.6 is 0 Å². The molecule has 2 heterocycles. The molecule has 1 aliphatic heterocycles. The van der Waals surface area contributed by atoms with Gasteiger partial charge in [0.1, 0.15) is 23.4 Å². The molecule has 0 spiro atoms. The summed E-state index contributed by atoms with van der Waals surface area (Å²) in [6.45, 7) is 5.62. The van der Waals surface area contributed by atoms with Crippen LogP contribution in [0.3, 0.4) is 0 Å². The number of halogens is 1. The second kappa shape index (κ2) is 8.96. The molecule has 1 aliphatic rings. The fraction of sp³-hybridized carbons (Fsp3) is 0.179. The molecule has 3 aromatic carbocycles. The van der Waals surface area contributed by atoms with E-state index in [1.54, 1.807) is 42.5 Å². The minimum Gasteiger partial charge on any atom is -0.507 e.